The van der Waals surface area contributed by atoms with Crippen molar-refractivity contribution < 1.29 is 15.0 Å². The molecule has 0 aromatic heterocycles. The van der Waals surface area contributed by atoms with Gasteiger partial charge in [0.05, 0.1) is 6.10 Å². The molecule has 0 aliphatic rings. The minimum absolute atomic E-state index is 0.0403. The Hall–Kier alpha value is -2.33. The Balaban J connectivity index is 2.07. The number of carbonyl (C=O) groups is 1. The van der Waals surface area contributed by atoms with Gasteiger partial charge in [-0.25, -0.2) is 0 Å². The summed E-state index contributed by atoms with van der Waals surface area (Å²) in [6, 6.07) is 14.6. The fraction of sp³-hybridized carbons (Fsp3) is 0.316. The maximum Gasteiger partial charge on any atom is 0.251 e. The van der Waals surface area contributed by atoms with E-state index in [2.05, 4.69) is 5.32 Å². The van der Waals surface area contributed by atoms with E-state index >= 15 is 0 Å². The predicted molar refractivity (Wildman–Crippen MR) is 90.7 cm³/mol. The van der Waals surface area contributed by atoms with Gasteiger partial charge in [-0.15, -0.1) is 0 Å². The van der Waals surface area contributed by atoms with Gasteiger partial charge in [0, 0.05) is 18.0 Å². The molecule has 0 saturated heterocycles. The van der Waals surface area contributed by atoms with Crippen LogP contribution < -0.4 is 5.32 Å². The van der Waals surface area contributed by atoms with Crippen LogP contribution >= 0.6 is 0 Å². The lowest BCUT2D eigenvalue weighted by Crippen LogP contribution is -2.29. The smallest absolute Gasteiger partial charge is 0.251 e. The van der Waals surface area contributed by atoms with Crippen LogP contribution in [0.25, 0.3) is 0 Å². The average molecular weight is 313 g/mol. The summed E-state index contributed by atoms with van der Waals surface area (Å²) in [5.41, 5.74) is 2.35. The van der Waals surface area contributed by atoms with Crippen molar-refractivity contribution >= 4 is 5.91 Å². The molecule has 0 saturated carbocycles. The second kappa shape index (κ2) is 7.79. The minimum atomic E-state index is -0.444. The summed E-state index contributed by atoms with van der Waals surface area (Å²) < 4.78 is 0. The largest absolute Gasteiger partial charge is 0.508 e. The standard InChI is InChI=1S/C19H23NO3/c1-13-8-16(11-18(22)9-13)19(23)20-12-17(10-14(2)21)15-6-4-3-5-7-15/h3-9,11,14,17,21-22H,10,12H2,1-2H3,(H,20,23). The third-order valence-electron chi connectivity index (χ3n) is 3.73. The molecule has 0 heterocycles. The number of hydrogen-bond acceptors (Lipinski definition) is 3. The van der Waals surface area contributed by atoms with Crippen LogP contribution in [0.15, 0.2) is 48.5 Å². The number of phenolic OH excluding ortho intramolecular Hbond substituents is 1. The van der Waals surface area contributed by atoms with E-state index in [-0.39, 0.29) is 17.6 Å². The van der Waals surface area contributed by atoms with Gasteiger partial charge in [-0.2, -0.15) is 0 Å². The van der Waals surface area contributed by atoms with E-state index in [9.17, 15) is 15.0 Å². The first-order valence-electron chi connectivity index (χ1n) is 7.77. The molecule has 122 valence electrons. The first-order chi connectivity index (χ1) is 11.0. The highest BCUT2D eigenvalue weighted by Gasteiger charge is 2.16. The van der Waals surface area contributed by atoms with Crippen molar-refractivity contribution in [1.82, 2.24) is 5.32 Å². The quantitative estimate of drug-likeness (QED) is 0.768. The zero-order valence-electron chi connectivity index (χ0n) is 13.5. The molecule has 2 aromatic rings. The number of aryl methyl sites for hydroxylation is 1. The van der Waals surface area contributed by atoms with Crippen LogP contribution in [0.5, 0.6) is 5.75 Å². The Labute approximate surface area is 136 Å². The molecule has 1 amide bonds. The Morgan fingerprint density at radius 3 is 2.48 bits per heavy atom. The number of phenols is 1. The normalized spacial score (nSPS) is 13.3. The molecule has 0 radical (unpaired) electrons. The lowest BCUT2D eigenvalue weighted by Gasteiger charge is -2.19. The number of carbonyl (C=O) groups excluding carboxylic acids is 1. The summed E-state index contributed by atoms with van der Waals surface area (Å²) in [5.74, 6) is -0.104. The molecule has 2 atom stereocenters. The Bertz CT molecular complexity index is 633. The summed E-state index contributed by atoms with van der Waals surface area (Å²) in [5, 5.41) is 22.2. The first kappa shape index (κ1) is 17.0. The number of nitrogens with one attached hydrogen (secondary N) is 1. The highest BCUT2D eigenvalue weighted by molar-refractivity contribution is 5.94. The topological polar surface area (TPSA) is 69.6 Å². The molecule has 2 aromatic carbocycles. The zero-order valence-corrected chi connectivity index (χ0v) is 13.5. The van der Waals surface area contributed by atoms with E-state index in [1.54, 1.807) is 19.1 Å². The van der Waals surface area contributed by atoms with E-state index < -0.39 is 6.10 Å². The van der Waals surface area contributed by atoms with Gasteiger partial charge in [0.25, 0.3) is 5.91 Å². The van der Waals surface area contributed by atoms with E-state index in [0.29, 0.717) is 18.5 Å². The Morgan fingerprint density at radius 1 is 1.17 bits per heavy atom. The van der Waals surface area contributed by atoms with E-state index in [1.165, 1.54) is 6.07 Å². The van der Waals surface area contributed by atoms with Crippen LogP contribution in [-0.4, -0.2) is 28.8 Å². The third-order valence-corrected chi connectivity index (χ3v) is 3.73. The SMILES string of the molecule is Cc1cc(O)cc(C(=O)NCC(CC(C)O)c2ccccc2)c1. The Kier molecular flexibility index (Phi) is 5.77. The summed E-state index contributed by atoms with van der Waals surface area (Å²) in [7, 11) is 0. The summed E-state index contributed by atoms with van der Waals surface area (Å²) in [6.07, 6.45) is 0.128. The molecular weight excluding hydrogens is 290 g/mol. The highest BCUT2D eigenvalue weighted by Crippen LogP contribution is 2.21. The first-order valence-corrected chi connectivity index (χ1v) is 7.77. The van der Waals surface area contributed by atoms with E-state index in [1.807, 2.05) is 37.3 Å². The number of benzene rings is 2. The van der Waals surface area contributed by atoms with Crippen molar-refractivity contribution in [2.24, 2.45) is 0 Å². The van der Waals surface area contributed by atoms with Crippen LogP contribution in [0, 0.1) is 6.92 Å². The number of aliphatic hydroxyl groups is 1. The van der Waals surface area contributed by atoms with Gasteiger partial charge in [-0.05, 0) is 49.6 Å². The summed E-state index contributed by atoms with van der Waals surface area (Å²) in [6.45, 7) is 4.01. The minimum Gasteiger partial charge on any atom is -0.508 e. The summed E-state index contributed by atoms with van der Waals surface area (Å²) >= 11 is 0. The monoisotopic (exact) mass is 313 g/mol. The molecule has 0 aliphatic heterocycles. The zero-order chi connectivity index (χ0) is 16.8. The lowest BCUT2D eigenvalue weighted by molar-refractivity contribution is 0.0945. The molecule has 0 aliphatic carbocycles. The molecule has 23 heavy (non-hydrogen) atoms. The van der Waals surface area contributed by atoms with Gasteiger partial charge in [0.1, 0.15) is 5.75 Å². The molecule has 4 heteroatoms. The summed E-state index contributed by atoms with van der Waals surface area (Å²) in [4.78, 5) is 12.3. The van der Waals surface area contributed by atoms with Gasteiger partial charge in [0.2, 0.25) is 0 Å². The molecule has 3 N–H and O–H groups in total. The maximum atomic E-state index is 12.3. The third kappa shape index (κ3) is 5.11. The van der Waals surface area contributed by atoms with Crippen LogP contribution in [-0.2, 0) is 0 Å². The molecule has 0 spiro atoms. The second-order valence-corrected chi connectivity index (χ2v) is 5.96. The maximum absolute atomic E-state index is 12.3. The van der Waals surface area contributed by atoms with Crippen molar-refractivity contribution in [2.75, 3.05) is 6.54 Å². The van der Waals surface area contributed by atoms with Crippen LogP contribution in [0.1, 0.15) is 40.7 Å². The van der Waals surface area contributed by atoms with Crippen LogP contribution in [0.4, 0.5) is 0 Å². The molecular formula is C19H23NO3. The van der Waals surface area contributed by atoms with Gasteiger partial charge in [-0.1, -0.05) is 30.3 Å². The number of hydrogen-bond donors (Lipinski definition) is 3. The van der Waals surface area contributed by atoms with E-state index in [0.717, 1.165) is 11.1 Å². The van der Waals surface area contributed by atoms with Crippen molar-refractivity contribution in [2.45, 2.75) is 32.3 Å². The van der Waals surface area contributed by atoms with Gasteiger partial charge < -0.3 is 15.5 Å². The molecule has 2 unspecified atom stereocenters. The number of aliphatic hydroxyl groups excluding tert-OH is 1. The molecule has 0 fully saturated rings. The van der Waals surface area contributed by atoms with Crippen molar-refractivity contribution in [3.05, 3.63) is 65.2 Å². The van der Waals surface area contributed by atoms with Crippen molar-refractivity contribution in [3.63, 3.8) is 0 Å². The van der Waals surface area contributed by atoms with Crippen molar-refractivity contribution in [3.8, 4) is 5.75 Å². The van der Waals surface area contributed by atoms with Crippen LogP contribution in [0.2, 0.25) is 0 Å². The second-order valence-electron chi connectivity index (χ2n) is 5.96. The highest BCUT2D eigenvalue weighted by atomic mass is 16.3. The van der Waals surface area contributed by atoms with Gasteiger partial charge in [-0.3, -0.25) is 4.79 Å². The fourth-order valence-corrected chi connectivity index (χ4v) is 2.69. The number of aromatic hydroxyl groups is 1. The molecule has 0 bridgehead atoms. The predicted octanol–water partition coefficient (Wildman–Crippen LogP) is 2.99. The van der Waals surface area contributed by atoms with Gasteiger partial charge in [0.15, 0.2) is 0 Å². The van der Waals surface area contributed by atoms with Crippen molar-refractivity contribution in [1.29, 1.82) is 0 Å². The fourth-order valence-electron chi connectivity index (χ4n) is 2.69. The van der Waals surface area contributed by atoms with Gasteiger partial charge >= 0.3 is 0 Å². The van der Waals surface area contributed by atoms with E-state index in [4.69, 9.17) is 0 Å². The van der Waals surface area contributed by atoms with Crippen LogP contribution in [0.3, 0.4) is 0 Å². The Morgan fingerprint density at radius 2 is 1.87 bits per heavy atom. The molecule has 2 rings (SSSR count). The number of rotatable bonds is 6. The lowest BCUT2D eigenvalue weighted by atomic mass is 9.93. The molecule has 4 nitrogen and oxygen atoms in total. The number of amides is 1. The average Bonchev–Trinajstić information content (AvgIpc) is 2.50.